The Morgan fingerprint density at radius 3 is 2.26 bits per heavy atom. The minimum atomic E-state index is 0.280. The van der Waals surface area contributed by atoms with Crippen LogP contribution in [0.25, 0.3) is 0 Å². The number of ether oxygens (including phenoxy) is 1. The van der Waals surface area contributed by atoms with Gasteiger partial charge in [0.05, 0.1) is 0 Å². The fraction of sp³-hybridized carbons (Fsp3) is 0.0952. The maximum absolute atomic E-state index is 6.18. The summed E-state index contributed by atoms with van der Waals surface area (Å²) in [6, 6.07) is 20.6. The lowest BCUT2D eigenvalue weighted by Crippen LogP contribution is -2.21. The van der Waals surface area contributed by atoms with Crippen LogP contribution in [0.5, 0.6) is 5.75 Å². The molecule has 3 rings (SSSR count). The fourth-order valence-corrected chi connectivity index (χ4v) is 3.38. The van der Waals surface area contributed by atoms with E-state index in [0.29, 0.717) is 32.4 Å². The Morgan fingerprint density at radius 1 is 0.852 bits per heavy atom. The molecule has 27 heavy (non-hydrogen) atoms. The smallest absolute Gasteiger partial charge is 0.120 e. The maximum Gasteiger partial charge on any atom is 0.120 e. The molecule has 0 radical (unpaired) electrons. The molecule has 0 spiro atoms. The number of halogens is 3. The number of nitrogens with one attached hydrogen (secondary N) is 1. The minimum absolute atomic E-state index is 0.280. The number of hydrogen-bond donors (Lipinski definition) is 1. The van der Waals surface area contributed by atoms with Crippen molar-refractivity contribution in [3.05, 3.63) is 98.5 Å². The lowest BCUT2D eigenvalue weighted by molar-refractivity contribution is 0.306. The summed E-state index contributed by atoms with van der Waals surface area (Å²) in [5.74, 6) is 0.686. The lowest BCUT2D eigenvalue weighted by atomic mass is 10.2. The SMILES string of the molecule is S=C(NCc1ccccc1Cl)c1cccc(OCc2c(Cl)cccc2Cl)c1. The van der Waals surface area contributed by atoms with Gasteiger partial charge in [0.1, 0.15) is 17.3 Å². The van der Waals surface area contributed by atoms with Crippen LogP contribution in [0.15, 0.2) is 66.7 Å². The summed E-state index contributed by atoms with van der Waals surface area (Å²) in [5, 5.41) is 5.09. The van der Waals surface area contributed by atoms with Crippen LogP contribution in [0.2, 0.25) is 15.1 Å². The van der Waals surface area contributed by atoms with Crippen molar-refractivity contribution in [2.45, 2.75) is 13.2 Å². The summed E-state index contributed by atoms with van der Waals surface area (Å²) in [6.07, 6.45) is 0. The van der Waals surface area contributed by atoms with Gasteiger partial charge in [0.2, 0.25) is 0 Å². The molecule has 0 aliphatic heterocycles. The Morgan fingerprint density at radius 2 is 1.52 bits per heavy atom. The van der Waals surface area contributed by atoms with Crippen LogP contribution in [-0.2, 0) is 13.2 Å². The number of benzene rings is 3. The Hall–Kier alpha value is -1.78. The average molecular weight is 437 g/mol. The molecule has 0 fully saturated rings. The summed E-state index contributed by atoms with van der Waals surface area (Å²) < 4.78 is 5.85. The van der Waals surface area contributed by atoms with E-state index < -0.39 is 0 Å². The highest BCUT2D eigenvalue weighted by Gasteiger charge is 2.08. The fourth-order valence-electron chi connectivity index (χ4n) is 2.47. The normalized spacial score (nSPS) is 10.5. The van der Waals surface area contributed by atoms with Crippen LogP contribution in [0, 0.1) is 0 Å². The quantitative estimate of drug-likeness (QED) is 0.435. The van der Waals surface area contributed by atoms with Gasteiger partial charge < -0.3 is 10.1 Å². The zero-order valence-electron chi connectivity index (χ0n) is 14.2. The first-order chi connectivity index (χ1) is 13.0. The molecule has 0 bridgehead atoms. The van der Waals surface area contributed by atoms with E-state index in [1.165, 1.54) is 0 Å². The monoisotopic (exact) mass is 435 g/mol. The van der Waals surface area contributed by atoms with Crippen molar-refractivity contribution in [1.82, 2.24) is 5.32 Å². The van der Waals surface area contributed by atoms with Gasteiger partial charge in [-0.15, -0.1) is 0 Å². The third kappa shape index (κ3) is 5.36. The van der Waals surface area contributed by atoms with E-state index in [1.807, 2.05) is 48.5 Å². The molecular formula is C21H16Cl3NOS. The highest BCUT2D eigenvalue weighted by atomic mass is 35.5. The summed E-state index contributed by atoms with van der Waals surface area (Å²) in [7, 11) is 0. The summed E-state index contributed by atoms with van der Waals surface area (Å²) in [5.41, 5.74) is 2.60. The number of thiocarbonyl (C=S) groups is 1. The van der Waals surface area contributed by atoms with Gasteiger partial charge >= 0.3 is 0 Å². The second-order valence-corrected chi connectivity index (χ2v) is 7.42. The van der Waals surface area contributed by atoms with E-state index in [-0.39, 0.29) is 6.61 Å². The standard InChI is InChI=1S/C21H16Cl3NOS/c22-18-8-2-1-5-15(18)12-25-21(27)14-6-3-7-16(11-14)26-13-17-19(23)9-4-10-20(17)24/h1-11H,12-13H2,(H,25,27). The zero-order valence-corrected chi connectivity index (χ0v) is 17.3. The molecule has 0 heterocycles. The molecule has 0 aliphatic carbocycles. The second-order valence-electron chi connectivity index (χ2n) is 5.79. The van der Waals surface area contributed by atoms with Crippen LogP contribution < -0.4 is 10.1 Å². The lowest BCUT2D eigenvalue weighted by Gasteiger charge is -2.12. The highest BCUT2D eigenvalue weighted by molar-refractivity contribution is 7.80. The highest BCUT2D eigenvalue weighted by Crippen LogP contribution is 2.26. The number of rotatable bonds is 6. The molecule has 1 N–H and O–H groups in total. The van der Waals surface area contributed by atoms with E-state index in [2.05, 4.69) is 5.32 Å². The minimum Gasteiger partial charge on any atom is -0.489 e. The molecule has 0 saturated heterocycles. The molecule has 138 valence electrons. The van der Waals surface area contributed by atoms with Gasteiger partial charge in [-0.2, -0.15) is 0 Å². The Balaban J connectivity index is 1.64. The van der Waals surface area contributed by atoms with Gasteiger partial charge in [0, 0.05) is 32.7 Å². The van der Waals surface area contributed by atoms with Gasteiger partial charge in [-0.25, -0.2) is 0 Å². The predicted molar refractivity (Wildman–Crippen MR) is 117 cm³/mol. The molecule has 3 aromatic rings. The first-order valence-electron chi connectivity index (χ1n) is 8.22. The van der Waals surface area contributed by atoms with E-state index in [9.17, 15) is 0 Å². The number of hydrogen-bond acceptors (Lipinski definition) is 2. The van der Waals surface area contributed by atoms with Crippen LogP contribution in [0.3, 0.4) is 0 Å². The van der Waals surface area contributed by atoms with Crippen molar-refractivity contribution in [3.8, 4) is 5.75 Å². The zero-order chi connectivity index (χ0) is 19.2. The Kier molecular flexibility index (Phi) is 6.97. The molecular weight excluding hydrogens is 421 g/mol. The van der Waals surface area contributed by atoms with Crippen molar-refractivity contribution < 1.29 is 4.74 Å². The molecule has 3 aromatic carbocycles. The largest absolute Gasteiger partial charge is 0.489 e. The van der Waals surface area contributed by atoms with Crippen LogP contribution in [0.1, 0.15) is 16.7 Å². The Bertz CT molecular complexity index is 941. The van der Waals surface area contributed by atoms with E-state index in [1.54, 1.807) is 18.2 Å². The first kappa shape index (κ1) is 20.0. The average Bonchev–Trinajstić information content (AvgIpc) is 2.67. The predicted octanol–water partition coefficient (Wildman–Crippen LogP) is 6.69. The van der Waals surface area contributed by atoms with Crippen molar-refractivity contribution in [1.29, 1.82) is 0 Å². The topological polar surface area (TPSA) is 21.3 Å². The molecule has 0 amide bonds. The van der Waals surface area contributed by atoms with Gasteiger partial charge in [-0.3, -0.25) is 0 Å². The summed E-state index contributed by atoms with van der Waals surface area (Å²) in [4.78, 5) is 0.621. The second kappa shape index (κ2) is 9.43. The van der Waals surface area contributed by atoms with Gasteiger partial charge in [-0.1, -0.05) is 83.4 Å². The van der Waals surface area contributed by atoms with Crippen LogP contribution in [-0.4, -0.2) is 4.99 Å². The molecule has 0 atom stereocenters. The maximum atomic E-state index is 6.18. The summed E-state index contributed by atoms with van der Waals surface area (Å²) in [6.45, 7) is 0.834. The van der Waals surface area contributed by atoms with E-state index >= 15 is 0 Å². The summed E-state index contributed by atoms with van der Waals surface area (Å²) >= 11 is 24.0. The van der Waals surface area contributed by atoms with Crippen molar-refractivity contribution >= 4 is 52.0 Å². The van der Waals surface area contributed by atoms with E-state index in [4.69, 9.17) is 51.8 Å². The van der Waals surface area contributed by atoms with Crippen molar-refractivity contribution in [2.24, 2.45) is 0 Å². The van der Waals surface area contributed by atoms with Crippen molar-refractivity contribution in [2.75, 3.05) is 0 Å². The third-order valence-corrected chi connectivity index (χ3v) is 5.40. The third-order valence-electron chi connectivity index (χ3n) is 3.94. The van der Waals surface area contributed by atoms with Gasteiger partial charge in [0.15, 0.2) is 0 Å². The Labute approximate surface area is 179 Å². The molecule has 0 aromatic heterocycles. The van der Waals surface area contributed by atoms with Gasteiger partial charge in [-0.05, 0) is 35.9 Å². The molecule has 2 nitrogen and oxygen atoms in total. The molecule has 0 unspecified atom stereocenters. The van der Waals surface area contributed by atoms with Gasteiger partial charge in [0.25, 0.3) is 0 Å². The van der Waals surface area contributed by atoms with E-state index in [0.717, 1.165) is 16.7 Å². The molecule has 0 saturated carbocycles. The van der Waals surface area contributed by atoms with Crippen LogP contribution in [0.4, 0.5) is 0 Å². The van der Waals surface area contributed by atoms with Crippen LogP contribution >= 0.6 is 47.0 Å². The van der Waals surface area contributed by atoms with Crippen molar-refractivity contribution in [3.63, 3.8) is 0 Å². The first-order valence-corrected chi connectivity index (χ1v) is 9.76. The molecule has 6 heteroatoms. The molecule has 0 aliphatic rings.